The highest BCUT2D eigenvalue weighted by Crippen LogP contribution is 2.27. The molecular formula is C21H26N4O3S. The maximum Gasteiger partial charge on any atom is 0.263 e. The number of amides is 1. The zero-order chi connectivity index (χ0) is 21.3. The second-order valence-electron chi connectivity index (χ2n) is 7.30. The molecule has 0 radical (unpaired) electrons. The highest BCUT2D eigenvalue weighted by atomic mass is 32.1. The van der Waals surface area contributed by atoms with E-state index in [1.807, 2.05) is 32.8 Å². The van der Waals surface area contributed by atoms with E-state index >= 15 is 0 Å². The number of thiophene rings is 1. The summed E-state index contributed by atoms with van der Waals surface area (Å²) in [4.78, 5) is 34.8. The molecule has 0 saturated carbocycles. The molecule has 3 rings (SSSR count). The van der Waals surface area contributed by atoms with E-state index in [1.54, 1.807) is 38.3 Å². The van der Waals surface area contributed by atoms with Crippen LogP contribution in [0.15, 0.2) is 29.1 Å². The van der Waals surface area contributed by atoms with Crippen LogP contribution in [0.5, 0.6) is 5.75 Å². The van der Waals surface area contributed by atoms with Crippen molar-refractivity contribution in [1.29, 1.82) is 0 Å². The maximum absolute atomic E-state index is 13.4. The summed E-state index contributed by atoms with van der Waals surface area (Å²) in [5.74, 6) is 1.01. The molecule has 0 bridgehead atoms. The molecule has 1 atom stereocenters. The van der Waals surface area contributed by atoms with E-state index < -0.39 is 6.04 Å². The predicted molar refractivity (Wildman–Crippen MR) is 117 cm³/mol. The largest absolute Gasteiger partial charge is 0.497 e. The van der Waals surface area contributed by atoms with Gasteiger partial charge in [0.1, 0.15) is 22.4 Å². The van der Waals surface area contributed by atoms with Crippen LogP contribution in [0.1, 0.15) is 29.2 Å². The SMILES string of the molecule is COc1ccc(NC(=O)C(C)n2c(CN(C)C)nc3sc(C)c(C)c3c2=O)cc1. The number of carbonyl (C=O) groups is 1. The van der Waals surface area contributed by atoms with Gasteiger partial charge in [-0.3, -0.25) is 14.2 Å². The third-order valence-electron chi connectivity index (χ3n) is 4.89. The van der Waals surface area contributed by atoms with Crippen LogP contribution < -0.4 is 15.6 Å². The second-order valence-corrected chi connectivity index (χ2v) is 8.50. The average Bonchev–Trinajstić information content (AvgIpc) is 2.95. The summed E-state index contributed by atoms with van der Waals surface area (Å²) in [5.41, 5.74) is 1.39. The van der Waals surface area contributed by atoms with Crippen LogP contribution in [-0.4, -0.2) is 41.6 Å². The van der Waals surface area contributed by atoms with Gasteiger partial charge in [-0.25, -0.2) is 4.98 Å². The Balaban J connectivity index is 2.03. The first-order chi connectivity index (χ1) is 13.7. The maximum atomic E-state index is 13.4. The fourth-order valence-corrected chi connectivity index (χ4v) is 4.22. The van der Waals surface area contributed by atoms with E-state index in [0.717, 1.165) is 15.3 Å². The van der Waals surface area contributed by atoms with Crippen molar-refractivity contribution in [3.63, 3.8) is 0 Å². The molecular weight excluding hydrogens is 388 g/mol. The predicted octanol–water partition coefficient (Wildman–Crippen LogP) is 3.34. The first kappa shape index (κ1) is 21.0. The molecule has 7 nitrogen and oxygen atoms in total. The summed E-state index contributed by atoms with van der Waals surface area (Å²) in [6, 6.07) is 6.36. The molecule has 0 saturated heterocycles. The zero-order valence-electron chi connectivity index (χ0n) is 17.6. The van der Waals surface area contributed by atoms with Gasteiger partial charge in [-0.2, -0.15) is 0 Å². The number of nitrogens with one attached hydrogen (secondary N) is 1. The van der Waals surface area contributed by atoms with Crippen molar-refractivity contribution in [2.24, 2.45) is 0 Å². The van der Waals surface area contributed by atoms with Gasteiger partial charge < -0.3 is 15.0 Å². The molecule has 0 aliphatic heterocycles. The molecule has 2 aromatic heterocycles. The Bertz CT molecular complexity index is 1100. The third kappa shape index (κ3) is 4.18. The number of ether oxygens (including phenoxy) is 1. The van der Waals surface area contributed by atoms with Crippen LogP contribution >= 0.6 is 11.3 Å². The molecule has 0 fully saturated rings. The lowest BCUT2D eigenvalue weighted by atomic mass is 10.2. The van der Waals surface area contributed by atoms with Crippen LogP contribution in [0.4, 0.5) is 5.69 Å². The van der Waals surface area contributed by atoms with Crippen LogP contribution in [0.3, 0.4) is 0 Å². The first-order valence-corrected chi connectivity index (χ1v) is 10.1. The number of aromatic nitrogens is 2. The van der Waals surface area contributed by atoms with Crippen LogP contribution in [0.25, 0.3) is 10.2 Å². The molecule has 3 aromatic rings. The van der Waals surface area contributed by atoms with Gasteiger partial charge in [-0.1, -0.05) is 0 Å². The summed E-state index contributed by atoms with van der Waals surface area (Å²) in [6.45, 7) is 6.09. The lowest BCUT2D eigenvalue weighted by Gasteiger charge is -2.21. The average molecular weight is 415 g/mol. The second kappa shape index (κ2) is 8.34. The number of rotatable bonds is 6. The van der Waals surface area contributed by atoms with Gasteiger partial charge in [0.05, 0.1) is 19.0 Å². The molecule has 0 aliphatic carbocycles. The molecule has 8 heteroatoms. The Morgan fingerprint density at radius 3 is 2.52 bits per heavy atom. The van der Waals surface area contributed by atoms with E-state index in [2.05, 4.69) is 5.32 Å². The Morgan fingerprint density at radius 1 is 1.28 bits per heavy atom. The number of hydrogen-bond donors (Lipinski definition) is 1. The van der Waals surface area contributed by atoms with Crippen molar-refractivity contribution >= 4 is 33.1 Å². The van der Waals surface area contributed by atoms with Gasteiger partial charge in [-0.15, -0.1) is 11.3 Å². The number of nitrogens with zero attached hydrogens (tertiary/aromatic N) is 3. The van der Waals surface area contributed by atoms with Gasteiger partial charge in [0.2, 0.25) is 5.91 Å². The molecule has 154 valence electrons. The molecule has 1 amide bonds. The summed E-state index contributed by atoms with van der Waals surface area (Å²) in [6.07, 6.45) is 0. The van der Waals surface area contributed by atoms with Crippen LogP contribution in [-0.2, 0) is 11.3 Å². The van der Waals surface area contributed by atoms with E-state index in [0.29, 0.717) is 29.2 Å². The van der Waals surface area contributed by atoms with Gasteiger partial charge >= 0.3 is 0 Å². The first-order valence-electron chi connectivity index (χ1n) is 9.33. The lowest BCUT2D eigenvalue weighted by Crippen LogP contribution is -2.36. The third-order valence-corrected chi connectivity index (χ3v) is 5.99. The van der Waals surface area contributed by atoms with Gasteiger partial charge in [0.25, 0.3) is 5.56 Å². The van der Waals surface area contributed by atoms with E-state index in [1.165, 1.54) is 15.9 Å². The molecule has 1 N–H and O–H groups in total. The molecule has 29 heavy (non-hydrogen) atoms. The molecule has 1 unspecified atom stereocenters. The fraction of sp³-hybridized carbons (Fsp3) is 0.381. The van der Waals surface area contributed by atoms with Crippen molar-refractivity contribution in [2.75, 3.05) is 26.5 Å². The minimum atomic E-state index is -0.712. The van der Waals surface area contributed by atoms with Crippen molar-refractivity contribution in [3.8, 4) is 5.75 Å². The molecule has 2 heterocycles. The number of benzene rings is 1. The smallest absolute Gasteiger partial charge is 0.263 e. The highest BCUT2D eigenvalue weighted by molar-refractivity contribution is 7.18. The van der Waals surface area contributed by atoms with Gasteiger partial charge in [0, 0.05) is 10.6 Å². The Morgan fingerprint density at radius 2 is 1.93 bits per heavy atom. The number of anilines is 1. The number of fused-ring (bicyclic) bond motifs is 1. The molecule has 1 aromatic carbocycles. The minimum absolute atomic E-state index is 0.175. The number of hydrogen-bond acceptors (Lipinski definition) is 6. The zero-order valence-corrected chi connectivity index (χ0v) is 18.4. The van der Waals surface area contributed by atoms with Gasteiger partial charge in [-0.05, 0) is 64.7 Å². The topological polar surface area (TPSA) is 76.5 Å². The molecule has 0 aliphatic rings. The summed E-state index contributed by atoms with van der Waals surface area (Å²) < 4.78 is 6.66. The fourth-order valence-electron chi connectivity index (χ4n) is 3.18. The Labute approximate surface area is 173 Å². The standard InChI is InChI=1S/C21H26N4O3S/c1-12-14(3)29-20-18(12)21(27)25(17(23-20)11-24(4)5)13(2)19(26)22-15-7-9-16(28-6)10-8-15/h7-10,13H,11H2,1-6H3,(H,22,26). The summed E-state index contributed by atoms with van der Waals surface area (Å²) >= 11 is 1.51. The van der Waals surface area contributed by atoms with Crippen LogP contribution in [0.2, 0.25) is 0 Å². The van der Waals surface area contributed by atoms with E-state index in [4.69, 9.17) is 9.72 Å². The normalized spacial score (nSPS) is 12.4. The van der Waals surface area contributed by atoms with Crippen molar-refractivity contribution in [2.45, 2.75) is 33.4 Å². The molecule has 0 spiro atoms. The summed E-state index contributed by atoms with van der Waals surface area (Å²) in [7, 11) is 5.41. The Kier molecular flexibility index (Phi) is 6.04. The number of aryl methyl sites for hydroxylation is 2. The quantitative estimate of drug-likeness (QED) is 0.669. The van der Waals surface area contributed by atoms with E-state index in [9.17, 15) is 9.59 Å². The van der Waals surface area contributed by atoms with Crippen molar-refractivity contribution in [1.82, 2.24) is 14.5 Å². The summed E-state index contributed by atoms with van der Waals surface area (Å²) in [5, 5.41) is 3.47. The number of carbonyl (C=O) groups excluding carboxylic acids is 1. The monoisotopic (exact) mass is 414 g/mol. The number of methoxy groups -OCH3 is 1. The minimum Gasteiger partial charge on any atom is -0.497 e. The Hall–Kier alpha value is -2.71. The van der Waals surface area contributed by atoms with Crippen molar-refractivity contribution in [3.05, 3.63) is 50.9 Å². The highest BCUT2D eigenvalue weighted by Gasteiger charge is 2.24. The lowest BCUT2D eigenvalue weighted by molar-refractivity contribution is -0.119. The van der Waals surface area contributed by atoms with E-state index in [-0.39, 0.29) is 11.5 Å². The van der Waals surface area contributed by atoms with Gasteiger partial charge in [0.15, 0.2) is 0 Å². The van der Waals surface area contributed by atoms with Crippen LogP contribution in [0, 0.1) is 13.8 Å². The van der Waals surface area contributed by atoms with Crippen molar-refractivity contribution < 1.29 is 9.53 Å².